The number of halogens is 1. The van der Waals surface area contributed by atoms with E-state index in [1.807, 2.05) is 6.92 Å². The molecule has 1 aromatic carbocycles. The molecule has 2 N–H and O–H groups in total. The van der Waals surface area contributed by atoms with Crippen molar-refractivity contribution in [2.24, 2.45) is 15.1 Å². The molecule has 1 atom stereocenters. The predicted octanol–water partition coefficient (Wildman–Crippen LogP) is 2.35. The number of nitrogens with zero attached hydrogens (tertiary/aromatic N) is 5. The highest BCUT2D eigenvalue weighted by atomic mass is 32.2. The van der Waals surface area contributed by atoms with Gasteiger partial charge in [-0.25, -0.2) is 18.6 Å². The van der Waals surface area contributed by atoms with Crippen LogP contribution in [0.15, 0.2) is 50.5 Å². The zero-order chi connectivity index (χ0) is 26.0. The smallest absolute Gasteiger partial charge is 0.181 e. The van der Waals surface area contributed by atoms with Gasteiger partial charge in [0.25, 0.3) is 0 Å². The molecule has 3 aromatic rings. The van der Waals surface area contributed by atoms with Crippen molar-refractivity contribution in [3.63, 3.8) is 0 Å². The standard InChI is InChI=1S/C22H24B3FN6O2S/c1-5-13-10-29-19(30-11-13)17-9-18(34-31-17)14-6-7-16(26)15(8-14)12-35(33,32-22(23,24)25)21(2,3)20(27)28-4/h6-11H,5,12H2,1-4H3,(H2,27,28). The summed E-state index contributed by atoms with van der Waals surface area (Å²) in [6, 6.07) is 5.85. The monoisotopic (exact) mass is 488 g/mol. The van der Waals surface area contributed by atoms with E-state index < -0.39 is 25.5 Å². The summed E-state index contributed by atoms with van der Waals surface area (Å²) in [5.74, 6) is -0.239. The Bertz CT molecular complexity index is 1360. The Kier molecular flexibility index (Phi) is 7.59. The first-order valence-corrected chi connectivity index (χ1v) is 12.4. The molecule has 0 aliphatic heterocycles. The summed E-state index contributed by atoms with van der Waals surface area (Å²) >= 11 is 0. The maximum Gasteiger partial charge on any atom is 0.181 e. The molecule has 35 heavy (non-hydrogen) atoms. The van der Waals surface area contributed by atoms with E-state index in [-0.39, 0.29) is 17.2 Å². The Balaban J connectivity index is 2.03. The first-order valence-electron chi connectivity index (χ1n) is 10.7. The van der Waals surface area contributed by atoms with Gasteiger partial charge in [0.2, 0.25) is 0 Å². The minimum atomic E-state index is -3.47. The van der Waals surface area contributed by atoms with Crippen molar-refractivity contribution in [1.29, 1.82) is 0 Å². The molecule has 0 fully saturated rings. The van der Waals surface area contributed by atoms with Crippen LogP contribution in [0.1, 0.15) is 31.9 Å². The van der Waals surface area contributed by atoms with Gasteiger partial charge in [-0.2, -0.15) is 0 Å². The molecule has 0 saturated heterocycles. The molecular formula is C22H24B3FN6O2S. The zero-order valence-corrected chi connectivity index (χ0v) is 20.8. The van der Waals surface area contributed by atoms with Crippen molar-refractivity contribution >= 4 is 39.1 Å². The van der Waals surface area contributed by atoms with Crippen LogP contribution in [-0.4, -0.2) is 65.7 Å². The first-order chi connectivity index (χ1) is 16.3. The molecule has 0 amide bonds. The number of hydrogen-bond donors (Lipinski definition) is 1. The third-order valence-electron chi connectivity index (χ3n) is 5.49. The lowest BCUT2D eigenvalue weighted by atomic mass is 9.50. The second-order valence-electron chi connectivity index (χ2n) is 8.53. The fraction of sp³-hybridized carbons (Fsp3) is 0.364. The van der Waals surface area contributed by atoms with Crippen LogP contribution in [0.25, 0.3) is 22.8 Å². The SMILES string of the molecule is [B]C([B])([B])N=S(=O)(Cc1cc(-c2cc(-c3ncc(CC)cn3)no2)ccc1F)C(C)(C)C(N)=NC. The van der Waals surface area contributed by atoms with E-state index in [1.165, 1.54) is 25.2 Å². The van der Waals surface area contributed by atoms with Gasteiger partial charge in [0.05, 0.1) is 39.0 Å². The Hall–Kier alpha value is -2.95. The van der Waals surface area contributed by atoms with Gasteiger partial charge in [0, 0.05) is 36.6 Å². The molecule has 13 heteroatoms. The van der Waals surface area contributed by atoms with Crippen molar-refractivity contribution in [3.05, 3.63) is 53.6 Å². The van der Waals surface area contributed by atoms with E-state index in [0.717, 1.165) is 12.0 Å². The summed E-state index contributed by atoms with van der Waals surface area (Å²) in [6.45, 7) is 5.12. The molecule has 0 aliphatic carbocycles. The van der Waals surface area contributed by atoms with Crippen LogP contribution in [0.2, 0.25) is 0 Å². The van der Waals surface area contributed by atoms with Crippen LogP contribution in [0, 0.1) is 5.82 Å². The molecule has 0 aliphatic rings. The van der Waals surface area contributed by atoms with E-state index in [0.29, 0.717) is 22.8 Å². The summed E-state index contributed by atoms with van der Waals surface area (Å²) in [6.07, 6.45) is 4.24. The summed E-state index contributed by atoms with van der Waals surface area (Å²) in [4.78, 5) is 12.5. The Morgan fingerprint density at radius 2 is 1.86 bits per heavy atom. The average molecular weight is 488 g/mol. The number of rotatable bonds is 8. The van der Waals surface area contributed by atoms with Gasteiger partial charge in [0.1, 0.15) is 16.4 Å². The average Bonchev–Trinajstić information content (AvgIpc) is 3.29. The molecule has 2 heterocycles. The summed E-state index contributed by atoms with van der Waals surface area (Å²) in [7, 11) is 14.9. The van der Waals surface area contributed by atoms with Crippen LogP contribution in [0.5, 0.6) is 0 Å². The Labute approximate surface area is 208 Å². The van der Waals surface area contributed by atoms with Crippen molar-refractivity contribution in [3.8, 4) is 22.8 Å². The number of aliphatic imine (C=N–C) groups is 1. The quantitative estimate of drug-likeness (QED) is 0.296. The van der Waals surface area contributed by atoms with E-state index in [1.54, 1.807) is 32.3 Å². The highest BCUT2D eigenvalue weighted by Gasteiger charge is 2.37. The van der Waals surface area contributed by atoms with Crippen LogP contribution in [0.3, 0.4) is 0 Å². The topological polar surface area (TPSA) is 120 Å². The minimum absolute atomic E-state index is 0.0287. The lowest BCUT2D eigenvalue weighted by Gasteiger charge is -2.31. The maximum atomic E-state index is 14.9. The third-order valence-corrected chi connectivity index (χ3v) is 8.61. The maximum absolute atomic E-state index is 14.9. The minimum Gasteiger partial charge on any atom is -0.386 e. The van der Waals surface area contributed by atoms with Gasteiger partial charge in [-0.15, -0.1) is 0 Å². The van der Waals surface area contributed by atoms with Gasteiger partial charge >= 0.3 is 0 Å². The van der Waals surface area contributed by atoms with Crippen LogP contribution in [0.4, 0.5) is 4.39 Å². The second-order valence-corrected chi connectivity index (χ2v) is 11.3. The molecule has 176 valence electrons. The molecule has 1 unspecified atom stereocenters. The van der Waals surface area contributed by atoms with Crippen LogP contribution >= 0.6 is 0 Å². The number of amidine groups is 1. The van der Waals surface area contributed by atoms with E-state index in [2.05, 4.69) is 24.5 Å². The summed E-state index contributed by atoms with van der Waals surface area (Å²) < 4.78 is 37.0. The van der Waals surface area contributed by atoms with Crippen LogP contribution in [-0.2, 0) is 21.9 Å². The van der Waals surface area contributed by atoms with Gasteiger partial charge in [-0.05, 0) is 49.3 Å². The van der Waals surface area contributed by atoms with Crippen molar-refractivity contribution in [2.45, 2.75) is 42.9 Å². The fourth-order valence-corrected chi connectivity index (χ4v) is 5.48. The number of hydrogen-bond acceptors (Lipinski definition) is 7. The lowest BCUT2D eigenvalue weighted by Crippen LogP contribution is -2.47. The number of benzene rings is 1. The lowest BCUT2D eigenvalue weighted by molar-refractivity contribution is 0.434. The first kappa shape index (κ1) is 26.7. The molecule has 3 rings (SSSR count). The van der Waals surface area contributed by atoms with Gasteiger partial charge in [-0.1, -0.05) is 12.1 Å². The highest BCUT2D eigenvalue weighted by molar-refractivity contribution is 7.95. The molecule has 0 spiro atoms. The highest BCUT2D eigenvalue weighted by Crippen LogP contribution is 2.31. The predicted molar refractivity (Wildman–Crippen MR) is 138 cm³/mol. The van der Waals surface area contributed by atoms with Crippen LogP contribution < -0.4 is 5.73 Å². The van der Waals surface area contributed by atoms with Crippen molar-refractivity contribution in [2.75, 3.05) is 7.05 Å². The third kappa shape index (κ3) is 5.83. The largest absolute Gasteiger partial charge is 0.386 e. The summed E-state index contributed by atoms with van der Waals surface area (Å²) in [5.41, 5.74) is 7.97. The van der Waals surface area contributed by atoms with Crippen molar-refractivity contribution in [1.82, 2.24) is 15.1 Å². The zero-order valence-electron chi connectivity index (χ0n) is 20.0. The molecule has 2 aromatic heterocycles. The molecule has 0 saturated carbocycles. The fourth-order valence-electron chi connectivity index (χ4n) is 3.25. The molecular weight excluding hydrogens is 464 g/mol. The van der Waals surface area contributed by atoms with E-state index >= 15 is 0 Å². The van der Waals surface area contributed by atoms with Gasteiger partial charge < -0.3 is 10.3 Å². The normalized spacial score (nSPS) is 14.5. The summed E-state index contributed by atoms with van der Waals surface area (Å²) in [5, 5.41) is 1.88. The van der Waals surface area contributed by atoms with Crippen molar-refractivity contribution < 1.29 is 13.1 Å². The Morgan fingerprint density at radius 1 is 1.20 bits per heavy atom. The molecule has 0 bridgehead atoms. The van der Waals surface area contributed by atoms with E-state index in [9.17, 15) is 8.60 Å². The molecule has 6 radical (unpaired) electrons. The van der Waals surface area contributed by atoms with E-state index in [4.69, 9.17) is 33.8 Å². The number of aryl methyl sites for hydroxylation is 1. The molecule has 8 nitrogen and oxygen atoms in total. The Morgan fingerprint density at radius 3 is 2.43 bits per heavy atom. The van der Waals surface area contributed by atoms with Gasteiger partial charge in [0.15, 0.2) is 17.3 Å². The second kappa shape index (κ2) is 9.97. The van der Waals surface area contributed by atoms with Gasteiger partial charge in [-0.3, -0.25) is 9.36 Å². The number of nitrogens with two attached hydrogens (primary N) is 1. The number of aromatic nitrogens is 3.